The highest BCUT2D eigenvalue weighted by Gasteiger charge is 2.37. The van der Waals surface area contributed by atoms with E-state index in [9.17, 15) is 0 Å². The molecule has 2 heterocycles. The van der Waals surface area contributed by atoms with Crippen molar-refractivity contribution >= 4 is 12.4 Å². The Bertz CT molecular complexity index is 95.8. The summed E-state index contributed by atoms with van der Waals surface area (Å²) in [5.74, 6) is 0. The third-order valence-electron chi connectivity index (χ3n) is 2.97. The lowest BCUT2D eigenvalue weighted by molar-refractivity contribution is 0.267. The van der Waals surface area contributed by atoms with Crippen LogP contribution in [0.1, 0.15) is 32.6 Å². The summed E-state index contributed by atoms with van der Waals surface area (Å²) in [7, 11) is 0. The molecule has 2 heteroatoms. The van der Waals surface area contributed by atoms with Crippen molar-refractivity contribution in [3.63, 3.8) is 0 Å². The third kappa shape index (κ3) is 1.06. The van der Waals surface area contributed by atoms with Gasteiger partial charge < -0.3 is 0 Å². The van der Waals surface area contributed by atoms with E-state index >= 15 is 0 Å². The summed E-state index contributed by atoms with van der Waals surface area (Å²) in [5, 5.41) is 0. The van der Waals surface area contributed by atoms with Crippen molar-refractivity contribution in [1.29, 1.82) is 0 Å². The molecular weight excluding hydrogens is 146 g/mol. The normalized spacial score (nSPS) is 38.1. The highest BCUT2D eigenvalue weighted by Crippen LogP contribution is 2.36. The molecule has 60 valence electrons. The lowest BCUT2D eigenvalue weighted by atomic mass is 10.0. The van der Waals surface area contributed by atoms with E-state index in [1.165, 1.54) is 32.2 Å². The topological polar surface area (TPSA) is 3.24 Å². The first-order valence-corrected chi connectivity index (χ1v) is 4.17. The highest BCUT2D eigenvalue weighted by molar-refractivity contribution is 5.85. The van der Waals surface area contributed by atoms with Crippen LogP contribution >= 0.6 is 12.4 Å². The first-order valence-electron chi connectivity index (χ1n) is 4.17. The molecule has 2 aliphatic rings. The van der Waals surface area contributed by atoms with Gasteiger partial charge in [-0.15, -0.1) is 12.4 Å². The van der Waals surface area contributed by atoms with Gasteiger partial charge in [0.25, 0.3) is 0 Å². The molecule has 0 aromatic heterocycles. The zero-order valence-electron chi connectivity index (χ0n) is 6.55. The summed E-state index contributed by atoms with van der Waals surface area (Å²) in [6.45, 7) is 3.58. The molecule has 0 aromatic rings. The van der Waals surface area contributed by atoms with Crippen LogP contribution in [0.15, 0.2) is 0 Å². The lowest BCUT2D eigenvalue weighted by Crippen LogP contribution is -2.27. The summed E-state index contributed by atoms with van der Waals surface area (Å²) in [6, 6.07) is 1.97. The molecule has 2 aliphatic heterocycles. The Morgan fingerprint density at radius 1 is 1.10 bits per heavy atom. The van der Waals surface area contributed by atoms with Crippen LogP contribution in [-0.2, 0) is 0 Å². The van der Waals surface area contributed by atoms with E-state index < -0.39 is 0 Å². The molecule has 0 unspecified atom stereocenters. The molecule has 2 rings (SSSR count). The van der Waals surface area contributed by atoms with Crippen LogP contribution in [-0.4, -0.2) is 23.5 Å². The number of halogens is 1. The Morgan fingerprint density at radius 2 is 1.50 bits per heavy atom. The first-order chi connectivity index (χ1) is 4.42. The van der Waals surface area contributed by atoms with Crippen molar-refractivity contribution in [2.45, 2.75) is 44.7 Å². The molecule has 0 spiro atoms. The standard InChI is InChI=1S/C8H15N.ClH/c1-2-9-7-3-4-8(9)6-5-7;/h7-8H,2-6H2,1H3;1H. The molecule has 1 nitrogen and oxygen atoms in total. The third-order valence-corrected chi connectivity index (χ3v) is 2.97. The monoisotopic (exact) mass is 161 g/mol. The van der Waals surface area contributed by atoms with Gasteiger partial charge in [0.05, 0.1) is 0 Å². The van der Waals surface area contributed by atoms with Crippen LogP contribution in [0.2, 0.25) is 0 Å². The molecule has 0 aromatic carbocycles. The van der Waals surface area contributed by atoms with Crippen LogP contribution in [0.3, 0.4) is 0 Å². The van der Waals surface area contributed by atoms with E-state index in [2.05, 4.69) is 11.8 Å². The van der Waals surface area contributed by atoms with Gasteiger partial charge in [0, 0.05) is 12.1 Å². The maximum atomic E-state index is 2.68. The summed E-state index contributed by atoms with van der Waals surface area (Å²) < 4.78 is 0. The molecule has 0 saturated carbocycles. The van der Waals surface area contributed by atoms with Crippen LogP contribution < -0.4 is 0 Å². The first kappa shape index (κ1) is 8.35. The van der Waals surface area contributed by atoms with Crippen molar-refractivity contribution in [2.24, 2.45) is 0 Å². The fourth-order valence-electron chi connectivity index (χ4n) is 2.54. The summed E-state index contributed by atoms with van der Waals surface area (Å²) in [4.78, 5) is 2.68. The molecule has 0 amide bonds. The average Bonchev–Trinajstić information content (AvgIpc) is 2.44. The quantitative estimate of drug-likeness (QED) is 0.569. The Balaban J connectivity index is 0.000000500. The van der Waals surface area contributed by atoms with Crippen LogP contribution in [0, 0.1) is 0 Å². The molecule has 2 bridgehead atoms. The SMILES string of the molecule is CCN1C2CCC1CC2.Cl. The van der Waals surface area contributed by atoms with Crippen molar-refractivity contribution in [1.82, 2.24) is 4.90 Å². The maximum absolute atomic E-state index is 2.68. The number of fused-ring (bicyclic) bond motifs is 2. The predicted octanol–water partition coefficient (Wildman–Crippen LogP) is 2.05. The van der Waals surface area contributed by atoms with Crippen LogP contribution in [0.4, 0.5) is 0 Å². The second-order valence-corrected chi connectivity index (χ2v) is 3.29. The Hall–Kier alpha value is 0.250. The molecule has 2 fully saturated rings. The van der Waals surface area contributed by atoms with Gasteiger partial charge in [0.1, 0.15) is 0 Å². The number of nitrogens with zero attached hydrogens (tertiary/aromatic N) is 1. The fourth-order valence-corrected chi connectivity index (χ4v) is 2.54. The fraction of sp³-hybridized carbons (Fsp3) is 1.00. The van der Waals surface area contributed by atoms with Gasteiger partial charge in [-0.3, -0.25) is 4.90 Å². The number of hydrogen-bond donors (Lipinski definition) is 0. The van der Waals surface area contributed by atoms with Crippen LogP contribution in [0.25, 0.3) is 0 Å². The van der Waals surface area contributed by atoms with Gasteiger partial charge >= 0.3 is 0 Å². The van der Waals surface area contributed by atoms with Crippen molar-refractivity contribution in [3.05, 3.63) is 0 Å². The minimum Gasteiger partial charge on any atom is -0.298 e. The molecule has 0 aliphatic carbocycles. The Morgan fingerprint density at radius 3 is 1.70 bits per heavy atom. The Labute approximate surface area is 69.2 Å². The Kier molecular flexibility index (Phi) is 2.59. The molecule has 10 heavy (non-hydrogen) atoms. The summed E-state index contributed by atoms with van der Waals surface area (Å²) in [5.41, 5.74) is 0. The van der Waals surface area contributed by atoms with Gasteiger partial charge in [-0.2, -0.15) is 0 Å². The van der Waals surface area contributed by atoms with Gasteiger partial charge in [-0.25, -0.2) is 0 Å². The predicted molar refractivity (Wildman–Crippen MR) is 45.7 cm³/mol. The second kappa shape index (κ2) is 3.10. The minimum absolute atomic E-state index is 0. The van der Waals surface area contributed by atoms with E-state index in [-0.39, 0.29) is 12.4 Å². The molecule has 0 N–H and O–H groups in total. The van der Waals surface area contributed by atoms with Gasteiger partial charge in [0.2, 0.25) is 0 Å². The molecule has 0 atom stereocenters. The van der Waals surface area contributed by atoms with Crippen molar-refractivity contribution in [3.8, 4) is 0 Å². The highest BCUT2D eigenvalue weighted by atomic mass is 35.5. The van der Waals surface area contributed by atoms with Gasteiger partial charge in [0.15, 0.2) is 0 Å². The minimum atomic E-state index is 0. The zero-order valence-corrected chi connectivity index (χ0v) is 7.36. The summed E-state index contributed by atoms with van der Waals surface area (Å²) in [6.07, 6.45) is 5.94. The molecular formula is C8H16ClN. The van der Waals surface area contributed by atoms with Gasteiger partial charge in [-0.05, 0) is 32.2 Å². The second-order valence-electron chi connectivity index (χ2n) is 3.29. The maximum Gasteiger partial charge on any atom is 0.00992 e. The number of rotatable bonds is 1. The molecule has 0 radical (unpaired) electrons. The van der Waals surface area contributed by atoms with E-state index in [4.69, 9.17) is 0 Å². The number of hydrogen-bond acceptors (Lipinski definition) is 1. The van der Waals surface area contributed by atoms with E-state index in [0.717, 1.165) is 12.1 Å². The van der Waals surface area contributed by atoms with E-state index in [1.54, 1.807) is 0 Å². The van der Waals surface area contributed by atoms with Gasteiger partial charge in [-0.1, -0.05) is 6.92 Å². The van der Waals surface area contributed by atoms with E-state index in [0.29, 0.717) is 0 Å². The average molecular weight is 162 g/mol. The van der Waals surface area contributed by atoms with Crippen molar-refractivity contribution < 1.29 is 0 Å². The zero-order chi connectivity index (χ0) is 6.27. The van der Waals surface area contributed by atoms with Crippen molar-refractivity contribution in [2.75, 3.05) is 6.54 Å². The smallest absolute Gasteiger partial charge is 0.00992 e. The molecule has 2 saturated heterocycles. The van der Waals surface area contributed by atoms with Crippen LogP contribution in [0.5, 0.6) is 0 Å². The lowest BCUT2D eigenvalue weighted by Gasteiger charge is -2.18. The van der Waals surface area contributed by atoms with E-state index in [1.807, 2.05) is 0 Å². The summed E-state index contributed by atoms with van der Waals surface area (Å²) >= 11 is 0. The largest absolute Gasteiger partial charge is 0.298 e.